The molecule has 2 N–H and O–H groups in total. The molecule has 0 spiro atoms. The Kier molecular flexibility index (Phi) is 7.55. The lowest BCUT2D eigenvalue weighted by atomic mass is 10.2. The molecule has 1 aromatic carbocycles. The number of hydrogen-bond donors (Lipinski definition) is 2. The van der Waals surface area contributed by atoms with Crippen molar-refractivity contribution in [2.24, 2.45) is 0 Å². The SMILES string of the molecule is CCCCNC(=O)C(=O)NC[C@@H](c1cccs1)S(=O)(=O)c1ccc(C)cc1. The lowest BCUT2D eigenvalue weighted by Gasteiger charge is -2.17. The highest BCUT2D eigenvalue weighted by molar-refractivity contribution is 7.91. The molecule has 1 atom stereocenters. The van der Waals surface area contributed by atoms with Crippen LogP contribution in [0.3, 0.4) is 0 Å². The third-order valence-corrected chi connectivity index (χ3v) is 7.29. The van der Waals surface area contributed by atoms with E-state index in [1.165, 1.54) is 11.3 Å². The fourth-order valence-electron chi connectivity index (χ4n) is 2.45. The lowest BCUT2D eigenvalue weighted by Crippen LogP contribution is -2.42. The Bertz CT molecular complexity index is 860. The van der Waals surface area contributed by atoms with E-state index in [0.29, 0.717) is 11.4 Å². The van der Waals surface area contributed by atoms with Crippen molar-refractivity contribution in [3.63, 3.8) is 0 Å². The summed E-state index contributed by atoms with van der Waals surface area (Å²) >= 11 is 1.30. The Morgan fingerprint density at radius 3 is 2.33 bits per heavy atom. The maximum absolute atomic E-state index is 13.1. The van der Waals surface area contributed by atoms with Gasteiger partial charge in [0.1, 0.15) is 5.25 Å². The summed E-state index contributed by atoms with van der Waals surface area (Å²) in [6, 6.07) is 10.1. The summed E-state index contributed by atoms with van der Waals surface area (Å²) in [6.07, 6.45) is 1.68. The number of thiophene rings is 1. The predicted molar refractivity (Wildman–Crippen MR) is 106 cm³/mol. The van der Waals surface area contributed by atoms with Crippen molar-refractivity contribution >= 4 is 33.0 Å². The van der Waals surface area contributed by atoms with Crippen molar-refractivity contribution in [1.82, 2.24) is 10.6 Å². The minimum Gasteiger partial charge on any atom is -0.348 e. The van der Waals surface area contributed by atoms with E-state index in [1.54, 1.807) is 41.8 Å². The first-order valence-corrected chi connectivity index (χ1v) is 11.2. The second-order valence-corrected chi connectivity index (χ2v) is 9.29. The molecule has 0 bridgehead atoms. The van der Waals surface area contributed by atoms with E-state index >= 15 is 0 Å². The van der Waals surface area contributed by atoms with E-state index in [0.717, 1.165) is 18.4 Å². The maximum atomic E-state index is 13.1. The topological polar surface area (TPSA) is 92.3 Å². The molecule has 0 saturated heterocycles. The Hall–Kier alpha value is -2.19. The summed E-state index contributed by atoms with van der Waals surface area (Å²) in [5.41, 5.74) is 0.957. The second-order valence-electron chi connectivity index (χ2n) is 6.18. The van der Waals surface area contributed by atoms with Crippen LogP contribution in [0.2, 0.25) is 0 Å². The first-order valence-electron chi connectivity index (χ1n) is 8.76. The van der Waals surface area contributed by atoms with Gasteiger partial charge < -0.3 is 10.6 Å². The minimum atomic E-state index is -3.72. The van der Waals surface area contributed by atoms with Gasteiger partial charge in [-0.2, -0.15) is 0 Å². The zero-order valence-corrected chi connectivity index (χ0v) is 17.0. The van der Waals surface area contributed by atoms with Gasteiger partial charge in [0, 0.05) is 18.0 Å². The number of carbonyl (C=O) groups is 2. The van der Waals surface area contributed by atoms with Crippen LogP contribution in [0.25, 0.3) is 0 Å². The number of benzene rings is 1. The van der Waals surface area contributed by atoms with Crippen LogP contribution in [0.15, 0.2) is 46.7 Å². The summed E-state index contributed by atoms with van der Waals surface area (Å²) < 4.78 is 26.2. The molecule has 2 rings (SSSR count). The van der Waals surface area contributed by atoms with Crippen molar-refractivity contribution in [3.8, 4) is 0 Å². The molecule has 0 aliphatic rings. The molecule has 2 aromatic rings. The van der Waals surface area contributed by atoms with Crippen molar-refractivity contribution in [1.29, 1.82) is 0 Å². The van der Waals surface area contributed by atoms with E-state index in [1.807, 2.05) is 13.8 Å². The monoisotopic (exact) mass is 408 g/mol. The van der Waals surface area contributed by atoms with Gasteiger partial charge in [0.25, 0.3) is 0 Å². The van der Waals surface area contributed by atoms with Crippen LogP contribution in [-0.4, -0.2) is 33.3 Å². The van der Waals surface area contributed by atoms with Crippen LogP contribution in [0, 0.1) is 6.92 Å². The minimum absolute atomic E-state index is 0.170. The molecule has 0 aliphatic heterocycles. The second kappa shape index (κ2) is 9.66. The molecule has 1 aromatic heterocycles. The van der Waals surface area contributed by atoms with Gasteiger partial charge in [-0.3, -0.25) is 9.59 Å². The van der Waals surface area contributed by atoms with Crippen molar-refractivity contribution < 1.29 is 18.0 Å². The van der Waals surface area contributed by atoms with Gasteiger partial charge in [0.05, 0.1) is 4.90 Å². The number of nitrogens with one attached hydrogen (secondary N) is 2. The Balaban J connectivity index is 2.15. The van der Waals surface area contributed by atoms with Crippen molar-refractivity contribution in [2.45, 2.75) is 36.8 Å². The van der Waals surface area contributed by atoms with E-state index in [4.69, 9.17) is 0 Å². The van der Waals surface area contributed by atoms with Crippen LogP contribution >= 0.6 is 11.3 Å². The summed E-state index contributed by atoms with van der Waals surface area (Å²) in [5.74, 6) is -1.58. The molecule has 146 valence electrons. The predicted octanol–water partition coefficient (Wildman–Crippen LogP) is 2.60. The van der Waals surface area contributed by atoms with E-state index in [-0.39, 0.29) is 11.4 Å². The first kappa shape index (κ1) is 21.1. The Morgan fingerprint density at radius 1 is 1.07 bits per heavy atom. The number of sulfone groups is 1. The number of hydrogen-bond acceptors (Lipinski definition) is 5. The molecule has 0 saturated carbocycles. The van der Waals surface area contributed by atoms with Gasteiger partial charge in [0.2, 0.25) is 0 Å². The van der Waals surface area contributed by atoms with Gasteiger partial charge in [-0.1, -0.05) is 37.1 Å². The summed E-state index contributed by atoms with van der Waals surface area (Å²) in [7, 11) is -3.72. The van der Waals surface area contributed by atoms with Gasteiger partial charge >= 0.3 is 11.8 Å². The average Bonchev–Trinajstić information content (AvgIpc) is 3.16. The highest BCUT2D eigenvalue weighted by atomic mass is 32.2. The van der Waals surface area contributed by atoms with E-state index < -0.39 is 26.9 Å². The van der Waals surface area contributed by atoms with Gasteiger partial charge in [-0.05, 0) is 36.9 Å². The maximum Gasteiger partial charge on any atom is 0.309 e. The van der Waals surface area contributed by atoms with Crippen molar-refractivity contribution in [3.05, 3.63) is 52.2 Å². The molecule has 2 amide bonds. The normalized spacial score (nSPS) is 12.4. The Labute approximate surface area is 163 Å². The standard InChI is InChI=1S/C19H24N2O4S2/c1-3-4-11-20-18(22)19(23)21-13-17(16-6-5-12-26-16)27(24,25)15-9-7-14(2)8-10-15/h5-10,12,17H,3-4,11,13H2,1-2H3,(H,20,22)(H,21,23)/t17-/m0/s1. The number of carbonyl (C=O) groups excluding carboxylic acids is 2. The molecular weight excluding hydrogens is 384 g/mol. The smallest absolute Gasteiger partial charge is 0.309 e. The summed E-state index contributed by atoms with van der Waals surface area (Å²) in [5, 5.41) is 5.81. The lowest BCUT2D eigenvalue weighted by molar-refractivity contribution is -0.139. The summed E-state index contributed by atoms with van der Waals surface area (Å²) in [4.78, 5) is 24.6. The fraction of sp³-hybridized carbons (Fsp3) is 0.368. The zero-order valence-electron chi connectivity index (χ0n) is 15.4. The third kappa shape index (κ3) is 5.64. The number of rotatable bonds is 8. The van der Waals surface area contributed by atoms with Gasteiger partial charge in [-0.15, -0.1) is 11.3 Å². The first-order chi connectivity index (χ1) is 12.9. The van der Waals surface area contributed by atoms with E-state index in [9.17, 15) is 18.0 Å². The molecule has 6 nitrogen and oxygen atoms in total. The number of aryl methyl sites for hydroxylation is 1. The number of amides is 2. The highest BCUT2D eigenvalue weighted by Gasteiger charge is 2.31. The van der Waals surface area contributed by atoms with Crippen LogP contribution < -0.4 is 10.6 Å². The van der Waals surface area contributed by atoms with Crippen LogP contribution in [0.5, 0.6) is 0 Å². The van der Waals surface area contributed by atoms with Gasteiger partial charge in [0.15, 0.2) is 9.84 Å². The van der Waals surface area contributed by atoms with Crippen LogP contribution in [-0.2, 0) is 19.4 Å². The molecule has 1 heterocycles. The van der Waals surface area contributed by atoms with Crippen molar-refractivity contribution in [2.75, 3.05) is 13.1 Å². The molecule has 0 aliphatic carbocycles. The quantitative estimate of drug-likeness (QED) is 0.519. The number of unbranched alkanes of at least 4 members (excludes halogenated alkanes) is 1. The zero-order chi connectivity index (χ0) is 19.9. The molecule has 8 heteroatoms. The van der Waals surface area contributed by atoms with Crippen LogP contribution in [0.4, 0.5) is 0 Å². The molecule has 0 unspecified atom stereocenters. The molecule has 0 fully saturated rings. The summed E-state index contributed by atoms with van der Waals surface area (Å²) in [6.45, 7) is 4.10. The average molecular weight is 409 g/mol. The molecule has 0 radical (unpaired) electrons. The molecular formula is C19H24N2O4S2. The third-order valence-electron chi connectivity index (χ3n) is 4.05. The van der Waals surface area contributed by atoms with Gasteiger partial charge in [-0.25, -0.2) is 8.42 Å². The Morgan fingerprint density at radius 2 is 1.74 bits per heavy atom. The fourth-order valence-corrected chi connectivity index (χ4v) is 5.24. The van der Waals surface area contributed by atoms with E-state index in [2.05, 4.69) is 10.6 Å². The largest absolute Gasteiger partial charge is 0.348 e. The highest BCUT2D eigenvalue weighted by Crippen LogP contribution is 2.31. The van der Waals surface area contributed by atoms with Crippen LogP contribution in [0.1, 0.15) is 35.5 Å². The molecule has 27 heavy (non-hydrogen) atoms.